The molecule has 11 nitrogen and oxygen atoms in total. The molecule has 0 atom stereocenters. The monoisotopic (exact) mass is 443 g/mol. The van der Waals surface area contributed by atoms with E-state index in [9.17, 15) is 18.8 Å². The summed E-state index contributed by atoms with van der Waals surface area (Å²) in [5.41, 5.74) is -1.41. The first kappa shape index (κ1) is 21.6. The van der Waals surface area contributed by atoms with Crippen LogP contribution in [0.15, 0.2) is 38.4 Å². The van der Waals surface area contributed by atoms with Crippen molar-refractivity contribution in [2.75, 3.05) is 32.7 Å². The van der Waals surface area contributed by atoms with E-state index < -0.39 is 23.0 Å². The highest BCUT2D eigenvalue weighted by Crippen LogP contribution is 2.13. The van der Waals surface area contributed by atoms with Crippen LogP contribution in [0.25, 0.3) is 17.2 Å². The van der Waals surface area contributed by atoms with Gasteiger partial charge in [0.25, 0.3) is 5.56 Å². The molecule has 0 saturated carbocycles. The van der Waals surface area contributed by atoms with E-state index in [0.717, 1.165) is 28.9 Å². The molecule has 168 valence electrons. The lowest BCUT2D eigenvalue weighted by molar-refractivity contribution is 0.0595. The maximum absolute atomic E-state index is 13.3. The fraction of sp³-hybridized carbons (Fsp3) is 0.400. The number of aromatic nitrogens is 5. The Balaban J connectivity index is 1.70. The van der Waals surface area contributed by atoms with E-state index in [1.54, 1.807) is 11.8 Å². The number of piperazine rings is 1. The van der Waals surface area contributed by atoms with Crippen molar-refractivity contribution in [3.05, 3.63) is 56.8 Å². The smallest absolute Gasteiger partial charge is 0.332 e. The molecule has 0 aliphatic carbocycles. The number of benzene rings is 1. The van der Waals surface area contributed by atoms with Gasteiger partial charge in [0.2, 0.25) is 5.82 Å². The van der Waals surface area contributed by atoms with Crippen molar-refractivity contribution in [3.8, 4) is 17.2 Å². The molecule has 4 rings (SSSR count). The maximum atomic E-state index is 13.3. The first-order valence-electron chi connectivity index (χ1n) is 10.3. The molecule has 3 aromatic rings. The van der Waals surface area contributed by atoms with E-state index in [2.05, 4.69) is 27.1 Å². The Morgan fingerprint density at radius 3 is 2.38 bits per heavy atom. The number of carbonyl (C=O) groups excluding carboxylic acids is 1. The number of likely N-dealkylation sites (N-methyl/N-ethyl adjacent to an activating group) is 1. The minimum Gasteiger partial charge on any atom is -0.332 e. The molecule has 1 aromatic carbocycles. The number of halogens is 1. The van der Waals surface area contributed by atoms with Crippen molar-refractivity contribution in [1.29, 1.82) is 0 Å². The molecule has 1 saturated heterocycles. The number of carbonyl (C=O) groups is 1. The van der Waals surface area contributed by atoms with Gasteiger partial charge in [0, 0.05) is 32.7 Å². The van der Waals surface area contributed by atoms with Crippen LogP contribution in [0.2, 0.25) is 0 Å². The van der Waals surface area contributed by atoms with Crippen molar-refractivity contribution in [2.45, 2.75) is 20.4 Å². The van der Waals surface area contributed by atoms with Crippen LogP contribution in [-0.4, -0.2) is 72.9 Å². The Morgan fingerprint density at radius 2 is 1.75 bits per heavy atom. The van der Waals surface area contributed by atoms with E-state index >= 15 is 0 Å². The van der Waals surface area contributed by atoms with Crippen LogP contribution < -0.4 is 11.2 Å². The van der Waals surface area contributed by atoms with Crippen LogP contribution in [-0.2, 0) is 6.54 Å². The Kier molecular flexibility index (Phi) is 5.95. The summed E-state index contributed by atoms with van der Waals surface area (Å²) in [6.07, 6.45) is 0. The van der Waals surface area contributed by atoms with Crippen LogP contribution >= 0.6 is 0 Å². The second kappa shape index (κ2) is 8.83. The quantitative estimate of drug-likeness (QED) is 0.555. The summed E-state index contributed by atoms with van der Waals surface area (Å²) in [6.45, 7) is 7.21. The first-order valence-corrected chi connectivity index (χ1v) is 10.3. The van der Waals surface area contributed by atoms with Gasteiger partial charge < -0.3 is 14.3 Å². The van der Waals surface area contributed by atoms with Gasteiger partial charge in [0.15, 0.2) is 5.69 Å². The average Bonchev–Trinajstić information content (AvgIpc) is 3.30. The molecule has 0 N–H and O–H groups in total. The van der Waals surface area contributed by atoms with Crippen LogP contribution in [0.1, 0.15) is 24.5 Å². The topological polar surface area (TPSA) is 119 Å². The summed E-state index contributed by atoms with van der Waals surface area (Å²) in [5, 5.41) is 7.84. The van der Waals surface area contributed by atoms with Gasteiger partial charge in [-0.05, 0) is 37.7 Å². The highest BCUT2D eigenvalue weighted by Gasteiger charge is 2.27. The number of hydrogen-bond acceptors (Lipinski definition) is 8. The van der Waals surface area contributed by atoms with E-state index in [1.807, 2.05) is 0 Å². The highest BCUT2D eigenvalue weighted by atomic mass is 19.1. The van der Waals surface area contributed by atoms with E-state index in [0.29, 0.717) is 13.1 Å². The summed E-state index contributed by atoms with van der Waals surface area (Å²) in [4.78, 5) is 46.2. The van der Waals surface area contributed by atoms with Crippen molar-refractivity contribution in [3.63, 3.8) is 0 Å². The molecule has 1 aliphatic heterocycles. The van der Waals surface area contributed by atoms with E-state index in [-0.39, 0.29) is 29.6 Å². The van der Waals surface area contributed by atoms with Gasteiger partial charge in [-0.1, -0.05) is 12.1 Å². The number of rotatable bonds is 5. The third-order valence-corrected chi connectivity index (χ3v) is 5.37. The van der Waals surface area contributed by atoms with Gasteiger partial charge in [0.1, 0.15) is 5.82 Å². The lowest BCUT2D eigenvalue weighted by Crippen LogP contribution is -2.48. The zero-order valence-corrected chi connectivity index (χ0v) is 17.7. The summed E-state index contributed by atoms with van der Waals surface area (Å²) >= 11 is 0. The molecule has 32 heavy (non-hydrogen) atoms. The Hall–Kier alpha value is -3.67. The molecule has 1 aliphatic rings. The SMILES string of the molecule is CCN1CCN(C(=O)c2nc(-c3nn(-c4ccc(F)cc4)c(=O)n(CC)c3=O)no2)CC1. The van der Waals surface area contributed by atoms with Crippen LogP contribution in [0.5, 0.6) is 0 Å². The highest BCUT2D eigenvalue weighted by molar-refractivity contribution is 5.90. The van der Waals surface area contributed by atoms with E-state index in [1.165, 1.54) is 24.3 Å². The maximum Gasteiger partial charge on any atom is 0.352 e. The Labute approximate surface area is 181 Å². The third-order valence-electron chi connectivity index (χ3n) is 5.37. The summed E-state index contributed by atoms with van der Waals surface area (Å²) in [6, 6.07) is 5.07. The fourth-order valence-corrected chi connectivity index (χ4v) is 3.49. The van der Waals surface area contributed by atoms with Gasteiger partial charge in [-0.2, -0.15) is 14.8 Å². The number of nitrogens with zero attached hydrogens (tertiary/aromatic N) is 7. The number of hydrogen-bond donors (Lipinski definition) is 0. The summed E-state index contributed by atoms with van der Waals surface area (Å²) in [7, 11) is 0. The van der Waals surface area contributed by atoms with Gasteiger partial charge in [-0.15, -0.1) is 0 Å². The van der Waals surface area contributed by atoms with Crippen LogP contribution in [0, 0.1) is 5.82 Å². The number of amides is 1. The predicted octanol–water partition coefficient (Wildman–Crippen LogP) is 0.381. The molecule has 3 heterocycles. The minimum absolute atomic E-state index is 0.0692. The van der Waals surface area contributed by atoms with Gasteiger partial charge >= 0.3 is 17.5 Å². The average molecular weight is 443 g/mol. The van der Waals surface area contributed by atoms with Gasteiger partial charge in [-0.3, -0.25) is 14.2 Å². The van der Waals surface area contributed by atoms with Gasteiger partial charge in [-0.25, -0.2) is 9.18 Å². The molecule has 0 unspecified atom stereocenters. The summed E-state index contributed by atoms with van der Waals surface area (Å²) < 4.78 is 20.3. The van der Waals surface area contributed by atoms with Crippen molar-refractivity contribution in [2.24, 2.45) is 0 Å². The Bertz CT molecular complexity index is 1240. The largest absolute Gasteiger partial charge is 0.352 e. The second-order valence-electron chi connectivity index (χ2n) is 7.22. The predicted molar refractivity (Wildman–Crippen MR) is 111 cm³/mol. The summed E-state index contributed by atoms with van der Waals surface area (Å²) in [5.74, 6) is -1.37. The normalized spacial score (nSPS) is 14.7. The zero-order chi connectivity index (χ0) is 22.8. The standard InChI is InChI=1S/C20H22FN7O4/c1-3-25-9-11-26(12-10-25)19(30)17-22-16(24-32-17)15-18(29)27(4-2)20(31)28(23-15)14-7-5-13(21)6-8-14/h5-8H,3-4,9-12H2,1-2H3. The first-order chi connectivity index (χ1) is 15.4. The lowest BCUT2D eigenvalue weighted by atomic mass is 10.3. The molecular formula is C20H22FN7O4. The fourth-order valence-electron chi connectivity index (χ4n) is 3.49. The molecule has 0 radical (unpaired) electrons. The molecule has 0 spiro atoms. The van der Waals surface area contributed by atoms with E-state index in [4.69, 9.17) is 4.52 Å². The van der Waals surface area contributed by atoms with Crippen molar-refractivity contribution in [1.82, 2.24) is 34.3 Å². The Morgan fingerprint density at radius 1 is 1.06 bits per heavy atom. The second-order valence-corrected chi connectivity index (χ2v) is 7.22. The van der Waals surface area contributed by atoms with Crippen LogP contribution in [0.4, 0.5) is 4.39 Å². The van der Waals surface area contributed by atoms with Crippen LogP contribution in [0.3, 0.4) is 0 Å². The van der Waals surface area contributed by atoms with Crippen molar-refractivity contribution < 1.29 is 13.7 Å². The molecule has 1 amide bonds. The zero-order valence-electron chi connectivity index (χ0n) is 17.7. The minimum atomic E-state index is -0.716. The molecular weight excluding hydrogens is 421 g/mol. The molecule has 1 fully saturated rings. The van der Waals surface area contributed by atoms with Gasteiger partial charge in [0.05, 0.1) is 5.69 Å². The molecule has 12 heteroatoms. The molecule has 2 aromatic heterocycles. The third kappa shape index (κ3) is 3.96. The lowest BCUT2D eigenvalue weighted by Gasteiger charge is -2.33. The molecule has 0 bridgehead atoms. The van der Waals surface area contributed by atoms with Crippen molar-refractivity contribution >= 4 is 5.91 Å².